The van der Waals surface area contributed by atoms with Crippen LogP contribution in [0.15, 0.2) is 72.8 Å². The lowest BCUT2D eigenvalue weighted by Crippen LogP contribution is -2.19. The number of aliphatic hydroxyl groups is 3. The summed E-state index contributed by atoms with van der Waals surface area (Å²) in [4.78, 5) is 0. The number of halogens is 3. The maximum Gasteiger partial charge on any atom is 0.119 e. The summed E-state index contributed by atoms with van der Waals surface area (Å²) in [5.41, 5.74) is 3.09. The van der Waals surface area contributed by atoms with E-state index in [0.29, 0.717) is 17.2 Å². The molecule has 0 bridgehead atoms. The van der Waals surface area contributed by atoms with Gasteiger partial charge in [-0.2, -0.15) is 0 Å². The predicted octanol–water partition coefficient (Wildman–Crippen LogP) is 4.80. The molecular weight excluding hydrogens is 539 g/mol. The Morgan fingerprint density at radius 1 is 0.459 bits per heavy atom. The van der Waals surface area contributed by atoms with Crippen LogP contribution in [-0.2, 0) is 0 Å². The first-order chi connectivity index (χ1) is 17.9. The molecule has 3 unspecified atom stereocenters. The number of aliphatic hydroxyl groups excluding tert-OH is 3. The third-order valence-corrected chi connectivity index (χ3v) is 6.57. The molecule has 0 aliphatic rings. The summed E-state index contributed by atoms with van der Waals surface area (Å²) < 4.78 is 16.9. The molecule has 3 rings (SSSR count). The molecular formula is C28H31Cl3O6. The molecule has 37 heavy (non-hydrogen) atoms. The summed E-state index contributed by atoms with van der Waals surface area (Å²) in [6.07, 6.45) is -2.19. The number of hydrogen-bond donors (Lipinski definition) is 3. The predicted molar refractivity (Wildman–Crippen MR) is 147 cm³/mol. The monoisotopic (exact) mass is 568 g/mol. The van der Waals surface area contributed by atoms with Crippen LogP contribution in [0.4, 0.5) is 0 Å². The molecule has 0 saturated carbocycles. The Morgan fingerprint density at radius 2 is 0.703 bits per heavy atom. The molecule has 6 nitrogen and oxygen atoms in total. The average Bonchev–Trinajstić information content (AvgIpc) is 2.95. The van der Waals surface area contributed by atoms with E-state index >= 15 is 0 Å². The number of alkyl halides is 3. The number of ether oxygens (including phenoxy) is 3. The minimum absolute atomic E-state index is 0.104. The van der Waals surface area contributed by atoms with Crippen LogP contribution in [0, 0.1) is 0 Å². The fraction of sp³-hybridized carbons (Fsp3) is 0.357. The van der Waals surface area contributed by atoms with E-state index in [9.17, 15) is 15.3 Å². The topological polar surface area (TPSA) is 88.4 Å². The molecule has 3 aromatic rings. The summed E-state index contributed by atoms with van der Waals surface area (Å²) in [6, 6.07) is 23.1. The first kappa shape index (κ1) is 29.4. The van der Waals surface area contributed by atoms with E-state index in [0.717, 1.165) is 16.7 Å². The summed E-state index contributed by atoms with van der Waals surface area (Å²) >= 11 is 16.9. The number of benzene rings is 3. The largest absolute Gasteiger partial charge is 0.491 e. The van der Waals surface area contributed by atoms with E-state index in [1.807, 2.05) is 72.8 Å². The van der Waals surface area contributed by atoms with Gasteiger partial charge in [0.2, 0.25) is 0 Å². The first-order valence-electron chi connectivity index (χ1n) is 11.8. The molecule has 3 atom stereocenters. The smallest absolute Gasteiger partial charge is 0.119 e. The second kappa shape index (κ2) is 15.3. The van der Waals surface area contributed by atoms with Gasteiger partial charge in [0.25, 0.3) is 0 Å². The first-order valence-corrected chi connectivity index (χ1v) is 13.4. The molecule has 0 saturated heterocycles. The van der Waals surface area contributed by atoms with Crippen LogP contribution in [0.5, 0.6) is 17.2 Å². The normalized spacial score (nSPS) is 14.4. The third-order valence-electron chi connectivity index (χ3n) is 5.50. The SMILES string of the molecule is OC(CCl)COc1ccc(C(c2ccc(OCC(O)CCl)cc2)c2ccc(OCC(O)CCl)cc2)cc1. The fourth-order valence-corrected chi connectivity index (χ4v) is 3.83. The Balaban J connectivity index is 1.84. The second-order valence-electron chi connectivity index (χ2n) is 8.50. The summed E-state index contributed by atoms with van der Waals surface area (Å²) in [7, 11) is 0. The van der Waals surface area contributed by atoms with Crippen molar-refractivity contribution in [3.63, 3.8) is 0 Å². The molecule has 0 spiro atoms. The van der Waals surface area contributed by atoms with Crippen LogP contribution in [0.25, 0.3) is 0 Å². The molecule has 3 aromatic carbocycles. The van der Waals surface area contributed by atoms with Gasteiger partial charge in [-0.1, -0.05) is 36.4 Å². The van der Waals surface area contributed by atoms with E-state index in [1.54, 1.807) is 0 Å². The van der Waals surface area contributed by atoms with Gasteiger partial charge in [0.05, 0.1) is 17.6 Å². The Bertz CT molecular complexity index is 910. The molecule has 0 amide bonds. The molecule has 0 aliphatic carbocycles. The van der Waals surface area contributed by atoms with Crippen molar-refractivity contribution in [1.29, 1.82) is 0 Å². The van der Waals surface area contributed by atoms with Crippen molar-refractivity contribution in [2.24, 2.45) is 0 Å². The molecule has 0 heterocycles. The minimum Gasteiger partial charge on any atom is -0.491 e. The molecule has 0 aromatic heterocycles. The highest BCUT2D eigenvalue weighted by atomic mass is 35.5. The molecule has 0 aliphatic heterocycles. The number of hydrogen-bond acceptors (Lipinski definition) is 6. The van der Waals surface area contributed by atoms with E-state index in [-0.39, 0.29) is 43.4 Å². The quantitative estimate of drug-likeness (QED) is 0.180. The highest BCUT2D eigenvalue weighted by Crippen LogP contribution is 2.34. The lowest BCUT2D eigenvalue weighted by molar-refractivity contribution is 0.125. The van der Waals surface area contributed by atoms with E-state index in [1.165, 1.54) is 0 Å². The van der Waals surface area contributed by atoms with Gasteiger partial charge < -0.3 is 29.5 Å². The Kier molecular flexibility index (Phi) is 12.1. The Hall–Kier alpha value is -2.19. The molecule has 3 N–H and O–H groups in total. The molecule has 0 fully saturated rings. The van der Waals surface area contributed by atoms with Crippen molar-refractivity contribution in [3.8, 4) is 17.2 Å². The summed E-state index contributed by atoms with van der Waals surface area (Å²) in [6.45, 7) is 0.351. The second-order valence-corrected chi connectivity index (χ2v) is 9.42. The van der Waals surface area contributed by atoms with Gasteiger partial charge in [-0.05, 0) is 53.1 Å². The van der Waals surface area contributed by atoms with Crippen molar-refractivity contribution < 1.29 is 29.5 Å². The van der Waals surface area contributed by atoms with Crippen molar-refractivity contribution in [2.45, 2.75) is 24.2 Å². The van der Waals surface area contributed by atoms with Crippen molar-refractivity contribution in [3.05, 3.63) is 89.5 Å². The zero-order chi connectivity index (χ0) is 26.6. The average molecular weight is 570 g/mol. The van der Waals surface area contributed by atoms with Gasteiger partial charge >= 0.3 is 0 Å². The van der Waals surface area contributed by atoms with Gasteiger partial charge in [-0.15, -0.1) is 34.8 Å². The Morgan fingerprint density at radius 3 is 0.919 bits per heavy atom. The van der Waals surface area contributed by atoms with Gasteiger partial charge in [-0.3, -0.25) is 0 Å². The van der Waals surface area contributed by atoms with Gasteiger partial charge in [0, 0.05) is 5.92 Å². The van der Waals surface area contributed by atoms with Gasteiger partial charge in [0.1, 0.15) is 55.4 Å². The molecule has 200 valence electrons. The molecule has 9 heteroatoms. The minimum atomic E-state index is -0.730. The fourth-order valence-electron chi connectivity index (χ4n) is 3.56. The van der Waals surface area contributed by atoms with Crippen molar-refractivity contribution >= 4 is 34.8 Å². The highest BCUT2D eigenvalue weighted by molar-refractivity contribution is 6.18. The van der Waals surface area contributed by atoms with Gasteiger partial charge in [0.15, 0.2) is 0 Å². The standard InChI is InChI=1S/C28H31Cl3O6/c29-13-22(32)16-35-25-7-1-19(2-8-25)28(20-3-9-26(10-4-20)36-17-23(33)14-30)21-5-11-27(12-6-21)37-18-24(34)15-31/h1-12,22-24,28,32-34H,13-18H2. The summed E-state index contributed by atoms with van der Waals surface area (Å²) in [5.74, 6) is 2.12. The molecule has 0 radical (unpaired) electrons. The highest BCUT2D eigenvalue weighted by Gasteiger charge is 2.18. The lowest BCUT2D eigenvalue weighted by atomic mass is 9.85. The van der Waals surface area contributed by atoms with E-state index in [4.69, 9.17) is 49.0 Å². The van der Waals surface area contributed by atoms with Crippen LogP contribution in [0.3, 0.4) is 0 Å². The lowest BCUT2D eigenvalue weighted by Gasteiger charge is -2.21. The maximum absolute atomic E-state index is 9.65. The van der Waals surface area contributed by atoms with Crippen LogP contribution in [0.2, 0.25) is 0 Å². The Labute approximate surface area is 232 Å². The van der Waals surface area contributed by atoms with E-state index < -0.39 is 18.3 Å². The summed E-state index contributed by atoms with van der Waals surface area (Å²) in [5, 5.41) is 29.0. The number of rotatable bonds is 15. The van der Waals surface area contributed by atoms with Crippen molar-refractivity contribution in [2.75, 3.05) is 37.5 Å². The maximum atomic E-state index is 9.65. The zero-order valence-corrected chi connectivity index (χ0v) is 22.4. The third kappa shape index (κ3) is 9.25. The zero-order valence-electron chi connectivity index (χ0n) is 20.2. The van der Waals surface area contributed by atoms with Gasteiger partial charge in [-0.25, -0.2) is 0 Å². The van der Waals surface area contributed by atoms with Crippen LogP contribution >= 0.6 is 34.8 Å². The van der Waals surface area contributed by atoms with Crippen molar-refractivity contribution in [1.82, 2.24) is 0 Å². The van der Waals surface area contributed by atoms with Crippen LogP contribution in [0.1, 0.15) is 22.6 Å². The van der Waals surface area contributed by atoms with E-state index in [2.05, 4.69) is 0 Å². The van der Waals surface area contributed by atoms with Crippen LogP contribution < -0.4 is 14.2 Å². The van der Waals surface area contributed by atoms with Crippen LogP contribution in [-0.4, -0.2) is 71.1 Å².